The third-order valence-electron chi connectivity index (χ3n) is 17.0. The number of ketones is 1. The number of rotatable bonds is 52. The summed E-state index contributed by atoms with van der Waals surface area (Å²) in [5, 5.41) is 12.8. The SMILES string of the molecule is C=C(C)C(=O)Cc1ccc(OC(=O)C(C)(C)Br)cc1.C=C(C)C(=O)OC1CCC(COC(=O)C(C)(C)Br)CC1O.C=CC(=O)OCCCCNC(=O)C(C)(C)Br.C=CC(=O)OCCCCOC(=O)C(C)(C)OS(C)(=O)=O.C=CC(=O)OCCCCOC(=O)CCCl.C=CC(=O)OCCOC(=O)CCCl.C=Cc1ccc(C(=O)OCOC(=O)C(C)(C)Br)cc1.C=Cc1ccc(COCCOC(=O)C(C)(C)Br)cc1. The molecule has 3 atom stereocenters. The van der Waals surface area contributed by atoms with Crippen molar-refractivity contribution in [2.75, 3.05) is 97.4 Å². The van der Waals surface area contributed by atoms with E-state index in [0.29, 0.717) is 107 Å². The molecular formula is C100H138Br5Cl2NO33S. The van der Waals surface area contributed by atoms with E-state index in [4.69, 9.17) is 80.0 Å². The first kappa shape index (κ1) is 139. The van der Waals surface area contributed by atoms with Gasteiger partial charge in [0, 0.05) is 54.6 Å². The molecule has 1 saturated carbocycles. The number of carbonyl (C=O) groups excluding carboxylic acids is 15. The van der Waals surface area contributed by atoms with Crippen LogP contribution in [0.15, 0.2) is 161 Å². The lowest BCUT2D eigenvalue weighted by atomic mass is 9.85. The van der Waals surface area contributed by atoms with E-state index in [1.54, 1.807) is 144 Å². The number of nitrogens with one attached hydrogen (secondary N) is 1. The molecule has 3 aromatic rings. The smallest absolute Gasteiger partial charge is 0.340 e. The fourth-order valence-corrected chi connectivity index (χ4v) is 10.8. The lowest BCUT2D eigenvalue weighted by Crippen LogP contribution is -2.39. The van der Waals surface area contributed by atoms with Crippen LogP contribution in [-0.4, -0.2) is 240 Å². The maximum absolute atomic E-state index is 11.7. The highest BCUT2D eigenvalue weighted by molar-refractivity contribution is 9.11. The maximum Gasteiger partial charge on any atom is 0.340 e. The van der Waals surface area contributed by atoms with Gasteiger partial charge in [-0.05, 0) is 213 Å². The summed E-state index contributed by atoms with van der Waals surface area (Å²) in [4.78, 5) is 168. The first-order chi connectivity index (χ1) is 65.9. The first-order valence-electron chi connectivity index (χ1n) is 44.1. The highest BCUT2D eigenvalue weighted by atomic mass is 79.9. The van der Waals surface area contributed by atoms with Gasteiger partial charge in [0.2, 0.25) is 12.7 Å². The summed E-state index contributed by atoms with van der Waals surface area (Å²) >= 11 is 26.8. The van der Waals surface area contributed by atoms with Gasteiger partial charge in [-0.3, -0.25) is 42.5 Å². The van der Waals surface area contributed by atoms with Crippen LogP contribution in [0.4, 0.5) is 0 Å². The van der Waals surface area contributed by atoms with E-state index >= 15 is 0 Å². The third-order valence-corrected chi connectivity index (χ3v) is 19.7. The van der Waals surface area contributed by atoms with Gasteiger partial charge >= 0.3 is 77.6 Å². The van der Waals surface area contributed by atoms with Crippen LogP contribution in [0, 0.1) is 5.92 Å². The van der Waals surface area contributed by atoms with E-state index in [1.807, 2.05) is 24.3 Å². The molecule has 1 amide bonds. The molecule has 4 rings (SSSR count). The molecule has 1 aliphatic rings. The number of hydrogen-bond acceptors (Lipinski definition) is 33. The highest BCUT2D eigenvalue weighted by Gasteiger charge is 2.37. The normalized spacial score (nSPS) is 12.9. The predicted octanol–water partition coefficient (Wildman–Crippen LogP) is 17.7. The molecule has 2 N–H and O–H groups in total. The van der Waals surface area contributed by atoms with E-state index in [9.17, 15) is 85.4 Å². The first-order valence-corrected chi connectivity index (χ1v) is 51.0. The van der Waals surface area contributed by atoms with Crippen molar-refractivity contribution >= 4 is 214 Å². The molecule has 1 fully saturated rings. The van der Waals surface area contributed by atoms with Crippen molar-refractivity contribution in [2.45, 2.75) is 220 Å². The molecule has 3 unspecified atom stereocenters. The summed E-state index contributed by atoms with van der Waals surface area (Å²) in [6.07, 6.45) is 13.7. The van der Waals surface area contributed by atoms with Gasteiger partial charge in [-0.2, -0.15) is 8.42 Å². The van der Waals surface area contributed by atoms with Crippen molar-refractivity contribution in [3.8, 4) is 5.75 Å². The standard InChI is InChI=1S/C15H23BrO5.C15H17BrO3.C15H19BrO3.C14H15BrO4.C12H20O7S.C11H18BrNO3.C10H15ClO4.C8H11ClO4/c1-9(2)13(18)21-12-6-5-10(7-11(12)17)8-20-14(19)15(3,4)16;1-10(2)13(17)9-11-5-7-12(8-6-11)19-14(18)15(3,4)16;1-4-12-5-7-13(8-6-12)11-18-9-10-19-14(17)15(2,3)16;1-4-10-5-7-11(8-6-10)12(16)18-9-19-13(17)14(2,3)15;1-5-10(13)17-8-6-7-9-18-11(14)12(2,3)19-20(4,15)16;1-4-9(14)16-8-6-5-7-13-10(15)11(2,3)12;1-2-9(12)14-7-3-4-8-15-10(13)5-6-11;1-2-7(10)12-5-6-13-8(11)3-4-9/h10-12,17H,1,5-8H2,2-4H3;5-8H,1,9H2,2-4H3;4-8H,1,9-11H2,2-3H3;4-8H,1,9H2,2-3H3;5H,1,6-9H2,2-4H3;4H,1,5-8H2,2-3H3,(H,13,15);2H,1,3-8H2;2H,1,3-6H2. The fraction of sp³-hybridized carbons (Fsp3) is 0.510. The molecule has 0 bridgehead atoms. The number of esters is 13. The van der Waals surface area contributed by atoms with Crippen molar-refractivity contribution < 1.29 is 156 Å². The van der Waals surface area contributed by atoms with E-state index in [2.05, 4.69) is 151 Å². The van der Waals surface area contributed by atoms with Gasteiger partial charge in [0.05, 0.1) is 87.9 Å². The molecular weight excluding hydrogens is 2250 g/mol. The summed E-state index contributed by atoms with van der Waals surface area (Å²) in [7, 11) is -3.75. The number of alkyl halides is 7. The van der Waals surface area contributed by atoms with E-state index in [0.717, 1.165) is 72.1 Å². The van der Waals surface area contributed by atoms with E-state index in [1.165, 1.54) is 13.8 Å². The quantitative estimate of drug-likeness (QED) is 0.00774. The molecule has 3 aromatic carbocycles. The third kappa shape index (κ3) is 75.4. The summed E-state index contributed by atoms with van der Waals surface area (Å²) < 4.78 is 92.1. The number of halogens is 7. The second kappa shape index (κ2) is 76.3. The van der Waals surface area contributed by atoms with Crippen LogP contribution >= 0.6 is 103 Å². The van der Waals surface area contributed by atoms with Crippen molar-refractivity contribution in [3.05, 3.63) is 189 Å². The Hall–Kier alpha value is -9.36. The van der Waals surface area contributed by atoms with Crippen molar-refractivity contribution in [3.63, 3.8) is 0 Å². The molecule has 0 aliphatic heterocycles. The number of aliphatic hydroxyl groups is 1. The van der Waals surface area contributed by atoms with Gasteiger partial charge in [0.15, 0.2) is 11.4 Å². The Balaban J connectivity index is -0.000000769. The Kier molecular flexibility index (Phi) is 74.6. The largest absolute Gasteiger partial charge is 0.466 e. The number of unbranched alkanes of at least 4 members (excludes halogenated alkanes) is 3. The molecule has 0 radical (unpaired) electrons. The topological polar surface area (TPSA) is 461 Å². The molecule has 34 nitrogen and oxygen atoms in total. The van der Waals surface area contributed by atoms with Gasteiger partial charge < -0.3 is 76.7 Å². The zero-order valence-electron chi connectivity index (χ0n) is 83.4. The number of benzene rings is 3. The van der Waals surface area contributed by atoms with Crippen molar-refractivity contribution in [1.29, 1.82) is 0 Å². The second-order valence-electron chi connectivity index (χ2n) is 32.9. The van der Waals surface area contributed by atoms with E-state index in [-0.39, 0.29) is 106 Å². The summed E-state index contributed by atoms with van der Waals surface area (Å²) in [5.74, 6) is -4.85. The monoisotopic (exact) mass is 2380 g/mol. The number of amides is 1. The van der Waals surface area contributed by atoms with Crippen LogP contribution in [0.2, 0.25) is 0 Å². The molecule has 0 saturated heterocycles. The van der Waals surface area contributed by atoms with Crippen LogP contribution in [0.3, 0.4) is 0 Å². The average molecular weight is 2380 g/mol. The summed E-state index contributed by atoms with van der Waals surface area (Å²) in [5.41, 5.74) is 3.61. The minimum atomic E-state index is -3.75. The van der Waals surface area contributed by atoms with Crippen LogP contribution in [-0.2, 0) is 156 Å². The highest BCUT2D eigenvalue weighted by Crippen LogP contribution is 2.30. The van der Waals surface area contributed by atoms with Crippen LogP contribution < -0.4 is 10.1 Å². The zero-order valence-corrected chi connectivity index (χ0v) is 93.7. The lowest BCUT2D eigenvalue weighted by Gasteiger charge is -2.32. The van der Waals surface area contributed by atoms with Crippen molar-refractivity contribution in [1.82, 2.24) is 5.32 Å². The van der Waals surface area contributed by atoms with E-state index < -0.39 is 110 Å². The Morgan fingerprint density at radius 3 is 1.25 bits per heavy atom. The number of Topliss-reactive ketones (excluding diaryl/α,β-unsaturated/α-hetero) is 1. The molecule has 0 spiro atoms. The summed E-state index contributed by atoms with van der Waals surface area (Å²) in [6.45, 7) is 53.5. The molecule has 0 heterocycles. The summed E-state index contributed by atoms with van der Waals surface area (Å²) in [6, 6.07) is 21.6. The Labute approximate surface area is 886 Å². The Morgan fingerprint density at radius 1 is 0.458 bits per heavy atom. The Bertz CT molecular complexity index is 4620. The molecule has 0 aromatic heterocycles. The fourth-order valence-electron chi connectivity index (χ4n) is 9.12. The minimum Gasteiger partial charge on any atom is -0.466 e. The number of aliphatic hydroxyl groups excluding tert-OH is 1. The molecule has 42 heteroatoms. The van der Waals surface area contributed by atoms with Gasteiger partial charge in [0.25, 0.3) is 10.1 Å². The van der Waals surface area contributed by atoms with Gasteiger partial charge in [-0.1, -0.05) is 193 Å². The Morgan fingerprint density at radius 2 is 0.845 bits per heavy atom. The molecule has 1 aliphatic carbocycles. The zero-order chi connectivity index (χ0) is 110. The van der Waals surface area contributed by atoms with Gasteiger partial charge in [-0.15, -0.1) is 23.2 Å². The van der Waals surface area contributed by atoms with Crippen LogP contribution in [0.5, 0.6) is 5.75 Å². The number of hydrogen-bond donors (Lipinski definition) is 2. The number of carbonyl (C=O) groups is 15. The average Bonchev–Trinajstić information content (AvgIpc) is 0.852. The second-order valence-corrected chi connectivity index (χ2v) is 45.1. The molecule has 796 valence electrons. The number of ether oxygens (including phenoxy) is 14. The van der Waals surface area contributed by atoms with Crippen LogP contribution in [0.1, 0.15) is 200 Å². The maximum atomic E-state index is 11.7. The lowest BCUT2D eigenvalue weighted by molar-refractivity contribution is -0.159. The number of allylic oxidation sites excluding steroid dienone is 1. The van der Waals surface area contributed by atoms with Crippen molar-refractivity contribution in [2.24, 2.45) is 5.92 Å². The van der Waals surface area contributed by atoms with Gasteiger partial charge in [-0.25, -0.2) is 33.6 Å². The van der Waals surface area contributed by atoms with Gasteiger partial charge in [0.1, 0.15) is 49.0 Å². The minimum absolute atomic E-state index is 0.00587. The molecule has 142 heavy (non-hydrogen) atoms. The van der Waals surface area contributed by atoms with Crippen LogP contribution in [0.25, 0.3) is 12.2 Å². The predicted molar refractivity (Wildman–Crippen MR) is 559 cm³/mol.